The average molecular weight is 383 g/mol. The second-order valence-electron chi connectivity index (χ2n) is 6.82. The number of hydrazine groups is 1. The maximum atomic E-state index is 12.6. The molecule has 122 valence electrons. The molecule has 0 aromatic heterocycles. The average Bonchev–Trinajstić information content (AvgIpc) is 2.92. The van der Waals surface area contributed by atoms with E-state index >= 15 is 0 Å². The lowest BCUT2D eigenvalue weighted by molar-refractivity contribution is -0.131. The molecule has 2 aromatic carbocycles. The first-order valence-electron chi connectivity index (χ1n) is 8.16. The number of amides is 1. The number of nitrogens with zero attached hydrogens (tertiary/aromatic N) is 2. The molecule has 24 heavy (non-hydrogen) atoms. The second-order valence-corrected chi connectivity index (χ2v) is 7.73. The minimum atomic E-state index is -0.385. The highest BCUT2D eigenvalue weighted by Crippen LogP contribution is 2.42. The van der Waals surface area contributed by atoms with Crippen molar-refractivity contribution in [2.75, 3.05) is 11.6 Å². The molecule has 0 unspecified atom stereocenters. The molecule has 0 aliphatic carbocycles. The van der Waals surface area contributed by atoms with E-state index in [0.29, 0.717) is 6.42 Å². The summed E-state index contributed by atoms with van der Waals surface area (Å²) in [6.07, 6.45) is 2.78. The first-order chi connectivity index (χ1) is 11.5. The van der Waals surface area contributed by atoms with Crippen LogP contribution in [0.3, 0.4) is 0 Å². The van der Waals surface area contributed by atoms with Gasteiger partial charge in [-0.3, -0.25) is 9.80 Å². The molecule has 3 nitrogen and oxygen atoms in total. The highest BCUT2D eigenvalue weighted by atomic mass is 79.9. The van der Waals surface area contributed by atoms with E-state index in [1.54, 1.807) is 0 Å². The number of hydrogen-bond acceptors (Lipinski definition) is 2. The molecule has 1 saturated heterocycles. The van der Waals surface area contributed by atoms with Gasteiger partial charge in [0, 0.05) is 23.0 Å². The summed E-state index contributed by atoms with van der Waals surface area (Å²) in [4.78, 5) is 12.6. The van der Waals surface area contributed by atoms with Crippen LogP contribution in [0.1, 0.15) is 31.4 Å². The predicted octanol–water partition coefficient (Wildman–Crippen LogP) is 4.63. The summed E-state index contributed by atoms with van der Waals surface area (Å²) in [6, 6.07) is 16.7. The number of hydrogen-bond donors (Lipinski definition) is 0. The number of carbonyl (C=O) groups excluding carboxylic acids is 1. The molecule has 0 atom stereocenters. The maximum absolute atomic E-state index is 12.6. The summed E-state index contributed by atoms with van der Waals surface area (Å²) in [7, 11) is 0. The molecule has 1 fully saturated rings. The van der Waals surface area contributed by atoms with E-state index in [-0.39, 0.29) is 11.4 Å². The lowest BCUT2D eigenvalue weighted by Crippen LogP contribution is -2.51. The number of carbonyl (C=O) groups is 1. The van der Waals surface area contributed by atoms with Crippen molar-refractivity contribution in [2.24, 2.45) is 0 Å². The minimum absolute atomic E-state index is 0.177. The Bertz CT molecular complexity index is 842. The van der Waals surface area contributed by atoms with Crippen molar-refractivity contribution in [1.29, 1.82) is 0 Å². The van der Waals surface area contributed by atoms with Crippen molar-refractivity contribution in [3.8, 4) is 0 Å². The summed E-state index contributed by atoms with van der Waals surface area (Å²) in [5, 5.41) is 4.04. The molecule has 2 heterocycles. The zero-order valence-electron chi connectivity index (χ0n) is 13.8. The third-order valence-electron chi connectivity index (χ3n) is 4.67. The van der Waals surface area contributed by atoms with Crippen LogP contribution in [-0.2, 0) is 4.79 Å². The van der Waals surface area contributed by atoms with Gasteiger partial charge in [-0.15, -0.1) is 0 Å². The smallest absolute Gasteiger partial charge is 0.243 e. The summed E-state index contributed by atoms with van der Waals surface area (Å²) < 4.78 is 1.02. The lowest BCUT2D eigenvalue weighted by atomic mass is 9.91. The van der Waals surface area contributed by atoms with Crippen LogP contribution in [0.2, 0.25) is 0 Å². The second kappa shape index (κ2) is 5.49. The summed E-state index contributed by atoms with van der Waals surface area (Å²) in [5.41, 5.74) is 4.20. The van der Waals surface area contributed by atoms with E-state index in [2.05, 4.69) is 83.3 Å². The molecule has 4 heteroatoms. The topological polar surface area (TPSA) is 23.6 Å². The van der Waals surface area contributed by atoms with Crippen molar-refractivity contribution >= 4 is 33.1 Å². The minimum Gasteiger partial charge on any atom is -0.281 e. The summed E-state index contributed by atoms with van der Waals surface area (Å²) >= 11 is 3.58. The molecule has 2 aliphatic rings. The standard InChI is InChI=1S/C20H19BrN2O/c1-20(2)13-17(14-6-4-3-5-7-14)16-9-8-15(21)12-18(16)22-11-10-19(24)23(20)22/h3-9,12-13H,10-11H2,1-2H3. The number of rotatable bonds is 1. The number of halogens is 1. The van der Waals surface area contributed by atoms with E-state index in [4.69, 9.17) is 0 Å². The SMILES string of the molecule is CC1(C)C=C(c2ccccc2)c2ccc(Br)cc2N2CCC(=O)N21. The Labute approximate surface area is 150 Å². The molecule has 2 aliphatic heterocycles. The fraction of sp³-hybridized carbons (Fsp3) is 0.250. The third kappa shape index (κ3) is 2.37. The zero-order valence-corrected chi connectivity index (χ0v) is 15.4. The van der Waals surface area contributed by atoms with Crippen LogP contribution >= 0.6 is 15.9 Å². The molecule has 0 bridgehead atoms. The Morgan fingerprint density at radius 1 is 1.08 bits per heavy atom. The molecular weight excluding hydrogens is 364 g/mol. The van der Waals surface area contributed by atoms with Gasteiger partial charge in [0.1, 0.15) is 0 Å². The van der Waals surface area contributed by atoms with Gasteiger partial charge >= 0.3 is 0 Å². The van der Waals surface area contributed by atoms with Crippen molar-refractivity contribution in [2.45, 2.75) is 25.8 Å². The van der Waals surface area contributed by atoms with E-state index in [1.807, 2.05) is 11.1 Å². The van der Waals surface area contributed by atoms with Gasteiger partial charge in [-0.2, -0.15) is 0 Å². The van der Waals surface area contributed by atoms with E-state index < -0.39 is 0 Å². The van der Waals surface area contributed by atoms with Crippen molar-refractivity contribution < 1.29 is 4.79 Å². The van der Waals surface area contributed by atoms with E-state index in [0.717, 1.165) is 22.3 Å². The maximum Gasteiger partial charge on any atom is 0.243 e. The van der Waals surface area contributed by atoms with Crippen LogP contribution in [-0.4, -0.2) is 23.0 Å². The van der Waals surface area contributed by atoms with Gasteiger partial charge in [-0.1, -0.05) is 52.3 Å². The van der Waals surface area contributed by atoms with Gasteiger partial charge < -0.3 is 0 Å². The van der Waals surface area contributed by atoms with E-state index in [9.17, 15) is 4.79 Å². The van der Waals surface area contributed by atoms with Gasteiger partial charge in [0.15, 0.2) is 0 Å². The molecule has 4 rings (SSSR count). The van der Waals surface area contributed by atoms with Crippen LogP contribution in [0.5, 0.6) is 0 Å². The first-order valence-corrected chi connectivity index (χ1v) is 8.95. The van der Waals surface area contributed by atoms with Gasteiger partial charge in [-0.25, -0.2) is 5.01 Å². The molecule has 0 radical (unpaired) electrons. The largest absolute Gasteiger partial charge is 0.281 e. The fourth-order valence-corrected chi connectivity index (χ4v) is 4.05. The van der Waals surface area contributed by atoms with Crippen LogP contribution in [0.25, 0.3) is 5.57 Å². The molecule has 1 amide bonds. The summed E-state index contributed by atoms with van der Waals surface area (Å²) in [5.74, 6) is 0.177. The molecule has 0 N–H and O–H groups in total. The Hall–Kier alpha value is -2.07. The van der Waals surface area contributed by atoms with Gasteiger partial charge in [0.2, 0.25) is 5.91 Å². The van der Waals surface area contributed by atoms with Crippen molar-refractivity contribution in [3.05, 3.63) is 70.2 Å². The number of benzene rings is 2. The molecule has 0 saturated carbocycles. The monoisotopic (exact) mass is 382 g/mol. The molecule has 2 aromatic rings. The third-order valence-corrected chi connectivity index (χ3v) is 5.16. The van der Waals surface area contributed by atoms with Crippen LogP contribution in [0.15, 0.2) is 59.1 Å². The van der Waals surface area contributed by atoms with Crippen LogP contribution < -0.4 is 5.01 Å². The first kappa shape index (κ1) is 15.5. The molecule has 0 spiro atoms. The van der Waals surface area contributed by atoms with E-state index in [1.165, 1.54) is 11.1 Å². The highest BCUT2D eigenvalue weighted by molar-refractivity contribution is 9.10. The lowest BCUT2D eigenvalue weighted by Gasteiger charge is -2.39. The Kier molecular flexibility index (Phi) is 3.53. The van der Waals surface area contributed by atoms with Gasteiger partial charge in [-0.05, 0) is 43.2 Å². The Morgan fingerprint density at radius 3 is 2.58 bits per heavy atom. The highest BCUT2D eigenvalue weighted by Gasteiger charge is 2.42. The normalized spacial score (nSPS) is 18.8. The Balaban J connectivity index is 2.00. The quantitative estimate of drug-likeness (QED) is 0.717. The van der Waals surface area contributed by atoms with Crippen molar-refractivity contribution in [3.63, 3.8) is 0 Å². The summed E-state index contributed by atoms with van der Waals surface area (Å²) in [6.45, 7) is 4.93. The van der Waals surface area contributed by atoms with Crippen molar-refractivity contribution in [1.82, 2.24) is 5.01 Å². The van der Waals surface area contributed by atoms with Gasteiger partial charge in [0.25, 0.3) is 0 Å². The van der Waals surface area contributed by atoms with Crippen LogP contribution in [0.4, 0.5) is 5.69 Å². The fourth-order valence-electron chi connectivity index (χ4n) is 3.70. The number of anilines is 1. The molecular formula is C20H19BrN2O. The zero-order chi connectivity index (χ0) is 16.9. The predicted molar refractivity (Wildman–Crippen MR) is 101 cm³/mol. The Morgan fingerprint density at radius 2 is 1.83 bits per heavy atom. The van der Waals surface area contributed by atoms with Gasteiger partial charge in [0.05, 0.1) is 11.2 Å². The number of fused-ring (bicyclic) bond motifs is 3. The van der Waals surface area contributed by atoms with Crippen LogP contribution in [0, 0.1) is 0 Å².